The van der Waals surface area contributed by atoms with Crippen molar-refractivity contribution in [3.05, 3.63) is 86.6 Å². The van der Waals surface area contributed by atoms with E-state index in [9.17, 15) is 14.7 Å². The Balaban J connectivity index is 1.72. The molecule has 28 heavy (non-hydrogen) atoms. The Morgan fingerprint density at radius 2 is 1.93 bits per heavy atom. The molecule has 4 rings (SSSR count). The van der Waals surface area contributed by atoms with Gasteiger partial charge in [-0.3, -0.25) is 9.59 Å². The highest BCUT2D eigenvalue weighted by atomic mass is 35.5. The zero-order chi connectivity index (χ0) is 19.9. The Hall–Kier alpha value is -2.47. The second-order valence-corrected chi connectivity index (χ2v) is 8.36. The molecule has 2 heterocycles. The van der Waals surface area contributed by atoms with Gasteiger partial charge in [-0.25, -0.2) is 0 Å². The maximum absolute atomic E-state index is 13.3. The number of hydrogen-bond acceptors (Lipinski definition) is 4. The van der Waals surface area contributed by atoms with Gasteiger partial charge >= 0.3 is 0 Å². The van der Waals surface area contributed by atoms with Crippen molar-refractivity contribution in [1.29, 1.82) is 0 Å². The number of thiophene rings is 1. The summed E-state index contributed by atoms with van der Waals surface area (Å²) in [5, 5.41) is 13.5. The molecule has 4 nitrogen and oxygen atoms in total. The largest absolute Gasteiger partial charge is 0.375 e. The van der Waals surface area contributed by atoms with Crippen LogP contribution < -0.4 is 4.90 Å². The molecule has 1 aliphatic heterocycles. The van der Waals surface area contributed by atoms with Gasteiger partial charge < -0.3 is 10.0 Å². The number of carbonyl (C=O) groups excluding carboxylic acids is 2. The van der Waals surface area contributed by atoms with Gasteiger partial charge in [0.05, 0.1) is 23.5 Å². The lowest BCUT2D eigenvalue weighted by Gasteiger charge is -2.22. The van der Waals surface area contributed by atoms with Crippen LogP contribution in [-0.2, 0) is 16.9 Å². The van der Waals surface area contributed by atoms with E-state index in [0.29, 0.717) is 27.7 Å². The van der Waals surface area contributed by atoms with Crippen LogP contribution in [0.1, 0.15) is 32.8 Å². The summed E-state index contributed by atoms with van der Waals surface area (Å²) in [6.07, 6.45) is -0.315. The molecule has 6 heteroatoms. The highest BCUT2D eigenvalue weighted by Crippen LogP contribution is 2.44. The molecule has 0 fully saturated rings. The minimum atomic E-state index is -1.92. The second kappa shape index (κ2) is 7.17. The van der Waals surface area contributed by atoms with Crippen molar-refractivity contribution < 1.29 is 14.7 Å². The van der Waals surface area contributed by atoms with Crippen LogP contribution in [0.3, 0.4) is 0 Å². The monoisotopic (exact) mass is 411 g/mol. The molecule has 0 saturated carbocycles. The third-order valence-corrected chi connectivity index (χ3v) is 6.11. The molecule has 0 unspecified atom stereocenters. The lowest BCUT2D eigenvalue weighted by Crippen LogP contribution is -2.41. The molecule has 1 aliphatic rings. The fraction of sp³-hybridized carbons (Fsp3) is 0.182. The standard InChI is InChI=1S/C22H18ClNO3S/c1-14-4-6-15(7-5-14)13-24-18-9-8-16(23)11-17(18)22(27,21(24)26)12-19(25)20-3-2-10-28-20/h2-11,27H,12-13H2,1H3/t22-/m1/s1. The number of fused-ring (bicyclic) bond motifs is 1. The maximum atomic E-state index is 13.3. The highest BCUT2D eigenvalue weighted by Gasteiger charge is 2.51. The van der Waals surface area contributed by atoms with Gasteiger partial charge in [-0.15, -0.1) is 11.3 Å². The summed E-state index contributed by atoms with van der Waals surface area (Å²) in [4.78, 5) is 28.0. The molecule has 1 N–H and O–H groups in total. The summed E-state index contributed by atoms with van der Waals surface area (Å²) in [5.74, 6) is -0.774. The van der Waals surface area contributed by atoms with E-state index in [1.807, 2.05) is 31.2 Å². The van der Waals surface area contributed by atoms with Gasteiger partial charge in [0.15, 0.2) is 11.4 Å². The number of hydrogen-bond donors (Lipinski definition) is 1. The minimum Gasteiger partial charge on any atom is -0.375 e. The van der Waals surface area contributed by atoms with E-state index in [1.54, 1.807) is 35.7 Å². The van der Waals surface area contributed by atoms with E-state index >= 15 is 0 Å². The lowest BCUT2D eigenvalue weighted by molar-refractivity contribution is -0.136. The van der Waals surface area contributed by atoms with E-state index in [1.165, 1.54) is 16.2 Å². The molecule has 0 radical (unpaired) electrons. The summed E-state index contributed by atoms with van der Waals surface area (Å²) in [6.45, 7) is 2.31. The highest BCUT2D eigenvalue weighted by molar-refractivity contribution is 7.12. The number of ketones is 1. The van der Waals surface area contributed by atoms with E-state index in [0.717, 1.165) is 11.1 Å². The van der Waals surface area contributed by atoms with E-state index in [2.05, 4.69) is 0 Å². The third kappa shape index (κ3) is 3.26. The molecule has 3 aromatic rings. The van der Waals surface area contributed by atoms with E-state index in [-0.39, 0.29) is 12.2 Å². The molecule has 142 valence electrons. The van der Waals surface area contributed by atoms with Gasteiger partial charge in [0.2, 0.25) is 0 Å². The fourth-order valence-electron chi connectivity index (χ4n) is 3.48. The van der Waals surface area contributed by atoms with Crippen LogP contribution >= 0.6 is 22.9 Å². The number of rotatable bonds is 5. The van der Waals surface area contributed by atoms with Gasteiger partial charge in [0, 0.05) is 10.6 Å². The van der Waals surface area contributed by atoms with Crippen LogP contribution in [0.25, 0.3) is 0 Å². The van der Waals surface area contributed by atoms with Crippen LogP contribution in [0.2, 0.25) is 5.02 Å². The van der Waals surface area contributed by atoms with Crippen molar-refractivity contribution in [2.75, 3.05) is 4.90 Å². The van der Waals surface area contributed by atoms with Crippen molar-refractivity contribution >= 4 is 40.3 Å². The second-order valence-electron chi connectivity index (χ2n) is 6.98. The van der Waals surface area contributed by atoms with Crippen molar-refractivity contribution in [1.82, 2.24) is 0 Å². The zero-order valence-electron chi connectivity index (χ0n) is 15.2. The summed E-state index contributed by atoms with van der Waals surface area (Å²) < 4.78 is 0. The van der Waals surface area contributed by atoms with Gasteiger partial charge in [0.25, 0.3) is 5.91 Å². The van der Waals surface area contributed by atoms with Crippen molar-refractivity contribution in [2.24, 2.45) is 0 Å². The average Bonchev–Trinajstić information content (AvgIpc) is 3.27. The van der Waals surface area contributed by atoms with Crippen LogP contribution in [-0.4, -0.2) is 16.8 Å². The number of Topliss-reactive ketones (excluding diaryl/α,β-unsaturated/α-hetero) is 1. The molecule has 0 saturated heterocycles. The molecule has 1 atom stereocenters. The first-order valence-electron chi connectivity index (χ1n) is 8.85. The van der Waals surface area contributed by atoms with Crippen LogP contribution in [0.4, 0.5) is 5.69 Å². The lowest BCUT2D eigenvalue weighted by atomic mass is 9.89. The molecular weight excluding hydrogens is 394 g/mol. The van der Waals surface area contributed by atoms with Gasteiger partial charge in [-0.1, -0.05) is 47.5 Å². The van der Waals surface area contributed by atoms with Crippen LogP contribution in [0, 0.1) is 6.92 Å². The third-order valence-electron chi connectivity index (χ3n) is 4.97. The number of nitrogens with zero attached hydrogens (tertiary/aromatic N) is 1. The summed E-state index contributed by atoms with van der Waals surface area (Å²) >= 11 is 7.43. The fourth-order valence-corrected chi connectivity index (χ4v) is 4.32. The van der Waals surface area contributed by atoms with Gasteiger partial charge in [-0.05, 0) is 42.1 Å². The maximum Gasteiger partial charge on any atom is 0.264 e. The zero-order valence-corrected chi connectivity index (χ0v) is 16.8. The van der Waals surface area contributed by atoms with Crippen molar-refractivity contribution in [3.63, 3.8) is 0 Å². The smallest absolute Gasteiger partial charge is 0.264 e. The number of benzene rings is 2. The Morgan fingerprint density at radius 1 is 1.18 bits per heavy atom. The first kappa shape index (κ1) is 18.9. The van der Waals surface area contributed by atoms with E-state index in [4.69, 9.17) is 11.6 Å². The number of carbonyl (C=O) groups is 2. The molecule has 0 spiro atoms. The van der Waals surface area contributed by atoms with Gasteiger partial charge in [-0.2, -0.15) is 0 Å². The first-order valence-corrected chi connectivity index (χ1v) is 10.1. The Labute approximate surface area is 172 Å². The molecule has 2 aromatic carbocycles. The molecular formula is C22H18ClNO3S. The molecule has 0 bridgehead atoms. The van der Waals surface area contributed by atoms with Crippen LogP contribution in [0.15, 0.2) is 60.0 Å². The Bertz CT molecular complexity index is 1050. The van der Waals surface area contributed by atoms with Crippen LogP contribution in [0.5, 0.6) is 0 Å². The molecule has 1 amide bonds. The minimum absolute atomic E-state index is 0.269. The number of aryl methyl sites for hydroxylation is 1. The summed E-state index contributed by atoms with van der Waals surface area (Å²) in [6, 6.07) is 16.3. The SMILES string of the molecule is Cc1ccc(CN2C(=O)[C@@](O)(CC(=O)c3cccs3)c3cc(Cl)ccc32)cc1. The number of aliphatic hydroxyl groups is 1. The topological polar surface area (TPSA) is 57.6 Å². The number of amides is 1. The predicted molar refractivity (Wildman–Crippen MR) is 111 cm³/mol. The number of halogens is 1. The summed E-state index contributed by atoms with van der Waals surface area (Å²) in [5.41, 5.74) is 1.10. The van der Waals surface area contributed by atoms with Gasteiger partial charge in [0.1, 0.15) is 0 Å². The Kier molecular flexibility index (Phi) is 4.83. The normalized spacial score (nSPS) is 18.4. The van der Waals surface area contributed by atoms with Crippen molar-refractivity contribution in [3.8, 4) is 0 Å². The first-order chi connectivity index (χ1) is 13.4. The quantitative estimate of drug-likeness (QED) is 0.618. The summed E-state index contributed by atoms with van der Waals surface area (Å²) in [7, 11) is 0. The number of anilines is 1. The predicted octanol–water partition coefficient (Wildman–Crippen LogP) is 4.72. The molecule has 1 aromatic heterocycles. The van der Waals surface area contributed by atoms with Crippen molar-refractivity contribution in [2.45, 2.75) is 25.5 Å². The average molecular weight is 412 g/mol. The molecule has 0 aliphatic carbocycles. The Morgan fingerprint density at radius 3 is 2.61 bits per heavy atom. The van der Waals surface area contributed by atoms with E-state index < -0.39 is 11.5 Å².